The number of nitrogens with zero attached hydrogens (tertiary/aromatic N) is 2. The number of ketones is 1. The SMILES string of the molecule is CC(C)(C)C(=O)c1sc2nc(=O)n3ccccc3c2c1N. The van der Waals surface area contributed by atoms with Gasteiger partial charge < -0.3 is 5.73 Å². The quantitative estimate of drug-likeness (QED) is 0.701. The highest BCUT2D eigenvalue weighted by Gasteiger charge is 2.28. The molecule has 0 bridgehead atoms. The van der Waals surface area contributed by atoms with Crippen LogP contribution in [0.5, 0.6) is 0 Å². The van der Waals surface area contributed by atoms with Gasteiger partial charge in [-0.25, -0.2) is 4.79 Å². The lowest BCUT2D eigenvalue weighted by Crippen LogP contribution is -2.20. The van der Waals surface area contributed by atoms with Crippen LogP contribution in [0.3, 0.4) is 0 Å². The summed E-state index contributed by atoms with van der Waals surface area (Å²) < 4.78 is 1.44. The molecule has 0 aliphatic rings. The second kappa shape index (κ2) is 4.39. The Labute approximate surface area is 125 Å². The van der Waals surface area contributed by atoms with Gasteiger partial charge in [-0.15, -0.1) is 11.3 Å². The average molecular weight is 301 g/mol. The molecular weight excluding hydrogens is 286 g/mol. The van der Waals surface area contributed by atoms with E-state index in [0.29, 0.717) is 26.3 Å². The van der Waals surface area contributed by atoms with E-state index in [1.807, 2.05) is 26.8 Å². The predicted molar refractivity (Wildman–Crippen MR) is 85.0 cm³/mol. The van der Waals surface area contributed by atoms with Crippen LogP contribution in [0.1, 0.15) is 30.4 Å². The summed E-state index contributed by atoms with van der Waals surface area (Å²) in [5.41, 5.74) is 6.37. The van der Waals surface area contributed by atoms with Crippen LogP contribution in [-0.4, -0.2) is 15.2 Å². The summed E-state index contributed by atoms with van der Waals surface area (Å²) in [6.45, 7) is 5.54. The van der Waals surface area contributed by atoms with E-state index >= 15 is 0 Å². The fourth-order valence-electron chi connectivity index (χ4n) is 2.22. The highest BCUT2D eigenvalue weighted by atomic mass is 32.1. The zero-order valence-electron chi connectivity index (χ0n) is 12.0. The normalized spacial score (nSPS) is 12.1. The number of aromatic nitrogens is 2. The maximum absolute atomic E-state index is 12.5. The van der Waals surface area contributed by atoms with Crippen molar-refractivity contribution in [2.75, 3.05) is 5.73 Å². The molecule has 5 nitrogen and oxygen atoms in total. The molecule has 3 aromatic rings. The summed E-state index contributed by atoms with van der Waals surface area (Å²) >= 11 is 1.19. The van der Waals surface area contributed by atoms with Crippen molar-refractivity contribution in [3.05, 3.63) is 39.8 Å². The number of hydrogen-bond acceptors (Lipinski definition) is 5. The van der Waals surface area contributed by atoms with E-state index < -0.39 is 5.41 Å². The largest absolute Gasteiger partial charge is 0.397 e. The molecule has 3 heterocycles. The first kappa shape index (κ1) is 13.8. The topological polar surface area (TPSA) is 77.5 Å². The molecule has 0 saturated heterocycles. The maximum atomic E-state index is 12.5. The molecule has 0 aliphatic carbocycles. The van der Waals surface area contributed by atoms with Gasteiger partial charge in [-0.2, -0.15) is 4.98 Å². The third-order valence-electron chi connectivity index (χ3n) is 3.33. The number of nitrogens with two attached hydrogens (primary N) is 1. The van der Waals surface area contributed by atoms with Gasteiger partial charge in [-0.05, 0) is 12.1 Å². The number of carbonyl (C=O) groups excluding carboxylic acids is 1. The molecule has 6 heteroatoms. The van der Waals surface area contributed by atoms with Crippen molar-refractivity contribution in [1.82, 2.24) is 9.38 Å². The third kappa shape index (κ3) is 2.03. The predicted octanol–water partition coefficient (Wildman–Crippen LogP) is 2.72. The van der Waals surface area contributed by atoms with Gasteiger partial charge in [0.25, 0.3) is 0 Å². The van der Waals surface area contributed by atoms with Crippen molar-refractivity contribution in [1.29, 1.82) is 0 Å². The standard InChI is InChI=1S/C15H15N3O2S/c1-15(2,3)12(19)11-10(16)9-8-6-4-5-7-18(8)14(20)17-13(9)21-11/h4-7H,16H2,1-3H3. The number of fused-ring (bicyclic) bond motifs is 3. The van der Waals surface area contributed by atoms with E-state index in [4.69, 9.17) is 5.73 Å². The van der Waals surface area contributed by atoms with Crippen molar-refractivity contribution in [2.45, 2.75) is 20.8 Å². The van der Waals surface area contributed by atoms with E-state index in [2.05, 4.69) is 4.98 Å². The van der Waals surface area contributed by atoms with Crippen molar-refractivity contribution in [3.63, 3.8) is 0 Å². The molecule has 0 radical (unpaired) electrons. The molecule has 3 rings (SSSR count). The monoisotopic (exact) mass is 301 g/mol. The molecular formula is C15H15N3O2S. The molecule has 3 aromatic heterocycles. The number of carbonyl (C=O) groups is 1. The van der Waals surface area contributed by atoms with E-state index in [0.717, 1.165) is 0 Å². The molecule has 0 aliphatic heterocycles. The fourth-order valence-corrected chi connectivity index (χ4v) is 3.47. The Hall–Kier alpha value is -2.21. The van der Waals surface area contributed by atoms with Gasteiger partial charge in [0.05, 0.1) is 21.5 Å². The van der Waals surface area contributed by atoms with E-state index in [-0.39, 0.29) is 11.5 Å². The number of hydrogen-bond donors (Lipinski definition) is 1. The van der Waals surface area contributed by atoms with Gasteiger partial charge in [0.1, 0.15) is 4.83 Å². The molecule has 0 fully saturated rings. The second-order valence-corrected chi connectivity index (χ2v) is 6.95. The Morgan fingerprint density at radius 2 is 2.05 bits per heavy atom. The Balaban J connectivity index is 2.44. The van der Waals surface area contributed by atoms with Gasteiger partial charge in [0.15, 0.2) is 5.78 Å². The minimum atomic E-state index is -0.530. The van der Waals surface area contributed by atoms with Crippen molar-refractivity contribution in [2.24, 2.45) is 5.41 Å². The fraction of sp³-hybridized carbons (Fsp3) is 0.267. The van der Waals surface area contributed by atoms with Crippen molar-refractivity contribution in [3.8, 4) is 0 Å². The highest BCUT2D eigenvalue weighted by molar-refractivity contribution is 7.21. The molecule has 21 heavy (non-hydrogen) atoms. The smallest absolute Gasteiger partial charge is 0.353 e. The van der Waals surface area contributed by atoms with Crippen molar-refractivity contribution >= 4 is 38.5 Å². The molecule has 0 spiro atoms. The Kier molecular flexibility index (Phi) is 2.88. The summed E-state index contributed by atoms with van der Waals surface area (Å²) in [7, 11) is 0. The van der Waals surface area contributed by atoms with Crippen LogP contribution in [0.2, 0.25) is 0 Å². The molecule has 108 valence electrons. The lowest BCUT2D eigenvalue weighted by atomic mass is 9.89. The van der Waals surface area contributed by atoms with Gasteiger partial charge >= 0.3 is 5.69 Å². The van der Waals surface area contributed by atoms with Crippen molar-refractivity contribution < 1.29 is 4.79 Å². The number of anilines is 1. The molecule has 0 amide bonds. The Bertz CT molecular complexity index is 932. The van der Waals surface area contributed by atoms with Crippen LogP contribution in [0, 0.1) is 5.41 Å². The van der Waals surface area contributed by atoms with Crippen LogP contribution in [0.25, 0.3) is 15.7 Å². The van der Waals surface area contributed by atoms with Crippen LogP contribution in [0.4, 0.5) is 5.69 Å². The minimum Gasteiger partial charge on any atom is -0.397 e. The molecule has 0 atom stereocenters. The lowest BCUT2D eigenvalue weighted by Gasteiger charge is -2.15. The summed E-state index contributed by atoms with van der Waals surface area (Å²) in [6.07, 6.45) is 1.65. The number of thiophene rings is 1. The number of pyridine rings is 1. The van der Waals surface area contributed by atoms with Crippen LogP contribution < -0.4 is 11.4 Å². The zero-order chi connectivity index (χ0) is 15.4. The third-order valence-corrected chi connectivity index (χ3v) is 4.43. The number of nitrogen functional groups attached to an aromatic ring is 1. The van der Waals surface area contributed by atoms with Gasteiger partial charge in [0, 0.05) is 11.6 Å². The molecule has 0 unspecified atom stereocenters. The Morgan fingerprint density at radius 1 is 1.33 bits per heavy atom. The van der Waals surface area contributed by atoms with Gasteiger partial charge in [-0.1, -0.05) is 26.8 Å². The number of Topliss-reactive ketones (excluding diaryl/α,β-unsaturated/α-hetero) is 1. The van der Waals surface area contributed by atoms with E-state index in [1.54, 1.807) is 18.3 Å². The van der Waals surface area contributed by atoms with Crippen LogP contribution >= 0.6 is 11.3 Å². The summed E-state index contributed by atoms with van der Waals surface area (Å²) in [5.74, 6) is -0.0375. The summed E-state index contributed by atoms with van der Waals surface area (Å²) in [5, 5.41) is 0.674. The van der Waals surface area contributed by atoms with Gasteiger partial charge in [-0.3, -0.25) is 9.20 Å². The summed E-state index contributed by atoms with van der Waals surface area (Å²) in [6, 6.07) is 5.39. The Morgan fingerprint density at radius 3 is 2.71 bits per heavy atom. The minimum absolute atomic E-state index is 0.0375. The van der Waals surface area contributed by atoms with Gasteiger partial charge in [0.2, 0.25) is 0 Å². The zero-order valence-corrected chi connectivity index (χ0v) is 12.8. The first-order chi connectivity index (χ1) is 9.80. The van der Waals surface area contributed by atoms with Crippen LogP contribution in [-0.2, 0) is 0 Å². The summed E-state index contributed by atoms with van der Waals surface area (Å²) in [4.78, 5) is 29.5. The first-order valence-electron chi connectivity index (χ1n) is 6.55. The highest BCUT2D eigenvalue weighted by Crippen LogP contribution is 2.37. The second-order valence-electron chi connectivity index (χ2n) is 5.95. The van der Waals surface area contributed by atoms with E-state index in [1.165, 1.54) is 15.7 Å². The average Bonchev–Trinajstić information content (AvgIpc) is 2.74. The molecule has 0 saturated carbocycles. The number of rotatable bonds is 1. The molecule has 0 aromatic carbocycles. The first-order valence-corrected chi connectivity index (χ1v) is 7.36. The van der Waals surface area contributed by atoms with Crippen LogP contribution in [0.15, 0.2) is 29.2 Å². The molecule has 2 N–H and O–H groups in total. The lowest BCUT2D eigenvalue weighted by molar-refractivity contribution is 0.0863. The maximum Gasteiger partial charge on any atom is 0.353 e. The van der Waals surface area contributed by atoms with E-state index in [9.17, 15) is 9.59 Å².